The summed E-state index contributed by atoms with van der Waals surface area (Å²) >= 11 is 0. The third-order valence-corrected chi connectivity index (χ3v) is 5.33. The fraction of sp³-hybridized carbons (Fsp3) is 0.235. The molecule has 0 saturated carbocycles. The molecule has 0 aromatic heterocycles. The number of ether oxygens (including phenoxy) is 1. The van der Waals surface area contributed by atoms with E-state index in [9.17, 15) is 13.2 Å². The highest BCUT2D eigenvalue weighted by Crippen LogP contribution is 2.27. The molecule has 2 aromatic rings. The molecule has 128 valence electrons. The minimum absolute atomic E-state index is 0.126. The van der Waals surface area contributed by atoms with Crippen molar-refractivity contribution in [3.8, 4) is 5.75 Å². The average Bonchev–Trinajstić information content (AvgIpc) is 2.53. The van der Waals surface area contributed by atoms with Gasteiger partial charge in [-0.15, -0.1) is 0 Å². The number of carbonyl (C=O) groups is 1. The molecule has 2 rings (SSSR count). The first kappa shape index (κ1) is 18.0. The lowest BCUT2D eigenvalue weighted by Crippen LogP contribution is -2.23. The number of carbonyl (C=O) groups excluding carboxylic acids is 1. The van der Waals surface area contributed by atoms with Crippen LogP contribution >= 0.6 is 0 Å². The van der Waals surface area contributed by atoms with Crippen LogP contribution in [0.15, 0.2) is 47.4 Å². The van der Waals surface area contributed by atoms with Crippen LogP contribution in [0.3, 0.4) is 0 Å². The van der Waals surface area contributed by atoms with Gasteiger partial charge in [0, 0.05) is 19.7 Å². The van der Waals surface area contributed by atoms with Crippen molar-refractivity contribution in [2.45, 2.75) is 18.4 Å². The standard InChI is InChI=1S/C17H20N2O4S/c1-12-4-9-15(16(10-12)24(21,22)19(2)3)23-11-13-5-7-14(8-6-13)17(18)20/h4-10H,11H2,1-3H3,(H2,18,20). The number of hydrogen-bond acceptors (Lipinski definition) is 4. The predicted molar refractivity (Wildman–Crippen MR) is 91.3 cm³/mol. The summed E-state index contributed by atoms with van der Waals surface area (Å²) in [5.74, 6) is -0.214. The highest BCUT2D eigenvalue weighted by molar-refractivity contribution is 7.89. The van der Waals surface area contributed by atoms with Gasteiger partial charge in [-0.2, -0.15) is 0 Å². The minimum Gasteiger partial charge on any atom is -0.487 e. The van der Waals surface area contributed by atoms with Crippen molar-refractivity contribution in [1.82, 2.24) is 4.31 Å². The molecule has 24 heavy (non-hydrogen) atoms. The molecule has 0 aliphatic heterocycles. The van der Waals surface area contributed by atoms with Crippen molar-refractivity contribution >= 4 is 15.9 Å². The molecular formula is C17H20N2O4S. The molecule has 0 atom stereocenters. The van der Waals surface area contributed by atoms with Crippen LogP contribution in [-0.4, -0.2) is 32.7 Å². The van der Waals surface area contributed by atoms with Crippen LogP contribution in [0.4, 0.5) is 0 Å². The normalized spacial score (nSPS) is 11.5. The largest absolute Gasteiger partial charge is 0.487 e. The van der Waals surface area contributed by atoms with E-state index in [4.69, 9.17) is 10.5 Å². The Morgan fingerprint density at radius 3 is 2.29 bits per heavy atom. The van der Waals surface area contributed by atoms with Crippen LogP contribution in [0.1, 0.15) is 21.5 Å². The number of benzene rings is 2. The molecule has 0 aliphatic carbocycles. The fourth-order valence-electron chi connectivity index (χ4n) is 2.06. The highest BCUT2D eigenvalue weighted by Gasteiger charge is 2.22. The molecule has 6 nitrogen and oxygen atoms in total. The van der Waals surface area contributed by atoms with E-state index in [0.29, 0.717) is 5.56 Å². The third kappa shape index (κ3) is 3.93. The van der Waals surface area contributed by atoms with Crippen LogP contribution < -0.4 is 10.5 Å². The molecule has 0 saturated heterocycles. The molecule has 0 spiro atoms. The number of nitrogens with two attached hydrogens (primary N) is 1. The molecule has 0 bridgehead atoms. The molecule has 0 heterocycles. The molecule has 2 aromatic carbocycles. The summed E-state index contributed by atoms with van der Waals surface area (Å²) in [5, 5.41) is 0. The van der Waals surface area contributed by atoms with Crippen LogP contribution in [0.25, 0.3) is 0 Å². The smallest absolute Gasteiger partial charge is 0.248 e. The second-order valence-electron chi connectivity index (χ2n) is 5.59. The SMILES string of the molecule is Cc1ccc(OCc2ccc(C(N)=O)cc2)c(S(=O)(=O)N(C)C)c1. The van der Waals surface area contributed by atoms with Crippen molar-refractivity contribution < 1.29 is 17.9 Å². The summed E-state index contributed by atoms with van der Waals surface area (Å²) in [6.07, 6.45) is 0. The Morgan fingerprint density at radius 2 is 1.75 bits per heavy atom. The van der Waals surface area contributed by atoms with Gasteiger partial charge >= 0.3 is 0 Å². The van der Waals surface area contributed by atoms with Gasteiger partial charge in [0.15, 0.2) is 0 Å². The molecular weight excluding hydrogens is 328 g/mol. The summed E-state index contributed by atoms with van der Waals surface area (Å²) in [4.78, 5) is 11.2. The number of sulfonamides is 1. The highest BCUT2D eigenvalue weighted by atomic mass is 32.2. The van der Waals surface area contributed by atoms with E-state index in [-0.39, 0.29) is 17.3 Å². The number of hydrogen-bond donors (Lipinski definition) is 1. The summed E-state index contributed by atoms with van der Waals surface area (Å²) in [5.41, 5.74) is 7.23. The molecule has 0 unspecified atom stereocenters. The second kappa shape index (κ2) is 7.02. The van der Waals surface area contributed by atoms with Crippen LogP contribution in [0.2, 0.25) is 0 Å². The Labute approximate surface area is 141 Å². The van der Waals surface area contributed by atoms with Gasteiger partial charge in [-0.25, -0.2) is 12.7 Å². The molecule has 0 aliphatic rings. The van der Waals surface area contributed by atoms with Gasteiger partial charge in [0.2, 0.25) is 15.9 Å². The zero-order valence-electron chi connectivity index (χ0n) is 13.8. The Bertz CT molecular complexity index is 843. The van der Waals surface area contributed by atoms with Crippen LogP contribution in [0, 0.1) is 6.92 Å². The van der Waals surface area contributed by atoms with Gasteiger partial charge in [-0.1, -0.05) is 18.2 Å². The Hall–Kier alpha value is -2.38. The average molecular weight is 348 g/mol. The van der Waals surface area contributed by atoms with Crippen molar-refractivity contribution in [1.29, 1.82) is 0 Å². The monoisotopic (exact) mass is 348 g/mol. The third-order valence-electron chi connectivity index (χ3n) is 3.49. The summed E-state index contributed by atoms with van der Waals surface area (Å²) < 4.78 is 31.7. The molecule has 1 amide bonds. The van der Waals surface area contributed by atoms with E-state index in [0.717, 1.165) is 15.4 Å². The number of nitrogens with zero attached hydrogens (tertiary/aromatic N) is 1. The number of amides is 1. The lowest BCUT2D eigenvalue weighted by atomic mass is 10.1. The maximum absolute atomic E-state index is 12.4. The van der Waals surface area contributed by atoms with E-state index >= 15 is 0 Å². The molecule has 2 N–H and O–H groups in total. The summed E-state index contributed by atoms with van der Waals surface area (Å²) in [6, 6.07) is 11.7. The zero-order chi connectivity index (χ0) is 17.9. The van der Waals surface area contributed by atoms with E-state index < -0.39 is 15.9 Å². The van der Waals surface area contributed by atoms with Crippen molar-refractivity contribution in [3.63, 3.8) is 0 Å². The first-order valence-corrected chi connectivity index (χ1v) is 8.70. The van der Waals surface area contributed by atoms with Crippen LogP contribution in [0.5, 0.6) is 5.75 Å². The quantitative estimate of drug-likeness (QED) is 0.864. The summed E-state index contributed by atoms with van der Waals surface area (Å²) in [6.45, 7) is 2.00. The van der Waals surface area contributed by atoms with Crippen molar-refractivity contribution in [3.05, 3.63) is 59.2 Å². The zero-order valence-corrected chi connectivity index (χ0v) is 14.6. The molecule has 0 radical (unpaired) electrons. The van der Waals surface area contributed by atoms with Gasteiger partial charge in [-0.05, 0) is 42.3 Å². The van der Waals surface area contributed by atoms with Gasteiger partial charge < -0.3 is 10.5 Å². The first-order chi connectivity index (χ1) is 11.2. The summed E-state index contributed by atoms with van der Waals surface area (Å²) in [7, 11) is -0.653. The molecule has 0 fully saturated rings. The van der Waals surface area contributed by atoms with Gasteiger partial charge in [0.1, 0.15) is 17.3 Å². The van der Waals surface area contributed by atoms with Gasteiger partial charge in [0.05, 0.1) is 0 Å². The first-order valence-electron chi connectivity index (χ1n) is 7.26. The second-order valence-corrected chi connectivity index (χ2v) is 7.71. The Balaban J connectivity index is 2.26. The maximum atomic E-state index is 12.4. The molecule has 7 heteroatoms. The van der Waals surface area contributed by atoms with E-state index in [2.05, 4.69) is 0 Å². The maximum Gasteiger partial charge on any atom is 0.248 e. The Kier molecular flexibility index (Phi) is 5.26. The van der Waals surface area contributed by atoms with E-state index in [1.165, 1.54) is 14.1 Å². The van der Waals surface area contributed by atoms with E-state index in [1.807, 2.05) is 6.92 Å². The topological polar surface area (TPSA) is 89.7 Å². The minimum atomic E-state index is -3.61. The number of primary amides is 1. The van der Waals surface area contributed by atoms with E-state index in [1.54, 1.807) is 42.5 Å². The number of rotatable bonds is 6. The van der Waals surface area contributed by atoms with Gasteiger partial charge in [0.25, 0.3) is 0 Å². The number of aryl methyl sites for hydroxylation is 1. The lowest BCUT2D eigenvalue weighted by molar-refractivity contribution is 0.1000. The Morgan fingerprint density at radius 1 is 1.12 bits per heavy atom. The lowest BCUT2D eigenvalue weighted by Gasteiger charge is -2.16. The van der Waals surface area contributed by atoms with Crippen molar-refractivity contribution in [2.24, 2.45) is 5.73 Å². The van der Waals surface area contributed by atoms with Crippen molar-refractivity contribution in [2.75, 3.05) is 14.1 Å². The fourth-order valence-corrected chi connectivity index (χ4v) is 3.17. The predicted octanol–water partition coefficient (Wildman–Crippen LogP) is 1.92. The van der Waals surface area contributed by atoms with Crippen LogP contribution in [-0.2, 0) is 16.6 Å². The van der Waals surface area contributed by atoms with Gasteiger partial charge in [-0.3, -0.25) is 4.79 Å².